The minimum Gasteiger partial charge on any atom is -0.373 e. The average molecular weight is 258 g/mol. The molecule has 4 heteroatoms. The van der Waals surface area contributed by atoms with Gasteiger partial charge in [-0.1, -0.05) is 38.5 Å². The van der Waals surface area contributed by atoms with Crippen molar-refractivity contribution in [3.05, 3.63) is 18.0 Å². The smallest absolute Gasteiger partial charge is 0.179 e. The number of aromatic amines is 1. The van der Waals surface area contributed by atoms with Crippen LogP contribution < -0.4 is 5.32 Å². The van der Waals surface area contributed by atoms with Crippen LogP contribution in [0.15, 0.2) is 12.1 Å². The Labute approximate surface area is 114 Å². The second-order valence-corrected chi connectivity index (χ2v) is 5.56. The molecule has 0 radical (unpaired) electrons. The molecule has 0 spiro atoms. The summed E-state index contributed by atoms with van der Waals surface area (Å²) in [6.45, 7) is 0. The molecule has 2 heterocycles. The molecule has 1 saturated carbocycles. The lowest BCUT2D eigenvalue weighted by Crippen LogP contribution is -2.04. The van der Waals surface area contributed by atoms with E-state index in [0.29, 0.717) is 0 Å². The number of aromatic nitrogens is 3. The van der Waals surface area contributed by atoms with Crippen LogP contribution in [-0.2, 0) is 6.42 Å². The zero-order valence-electron chi connectivity index (χ0n) is 11.6. The fourth-order valence-electron chi connectivity index (χ4n) is 3.02. The van der Waals surface area contributed by atoms with E-state index in [4.69, 9.17) is 0 Å². The van der Waals surface area contributed by atoms with Crippen LogP contribution in [0.1, 0.15) is 44.3 Å². The first-order valence-corrected chi connectivity index (χ1v) is 7.38. The second kappa shape index (κ2) is 5.59. The molecule has 4 nitrogen and oxygen atoms in total. The van der Waals surface area contributed by atoms with E-state index in [1.807, 2.05) is 13.1 Å². The number of pyridine rings is 1. The number of rotatable bonds is 3. The van der Waals surface area contributed by atoms with Crippen molar-refractivity contribution in [1.29, 1.82) is 0 Å². The zero-order chi connectivity index (χ0) is 13.1. The molecule has 1 aliphatic carbocycles. The summed E-state index contributed by atoms with van der Waals surface area (Å²) < 4.78 is 0. The van der Waals surface area contributed by atoms with E-state index in [9.17, 15) is 0 Å². The van der Waals surface area contributed by atoms with E-state index in [1.54, 1.807) is 0 Å². The number of nitrogens with one attached hydrogen (secondary N) is 2. The summed E-state index contributed by atoms with van der Waals surface area (Å²) >= 11 is 0. The fourth-order valence-corrected chi connectivity index (χ4v) is 3.02. The molecule has 3 rings (SSSR count). The van der Waals surface area contributed by atoms with E-state index in [-0.39, 0.29) is 0 Å². The first kappa shape index (κ1) is 12.5. The van der Waals surface area contributed by atoms with Gasteiger partial charge in [-0.15, -0.1) is 0 Å². The molecule has 2 N–H and O–H groups in total. The highest BCUT2D eigenvalue weighted by atomic mass is 15.0. The Morgan fingerprint density at radius 3 is 2.68 bits per heavy atom. The summed E-state index contributed by atoms with van der Waals surface area (Å²) in [5, 5.41) is 3.05. The fraction of sp³-hybridized carbons (Fsp3) is 0.600. The normalized spacial score (nSPS) is 17.5. The number of imidazole rings is 1. The van der Waals surface area contributed by atoms with E-state index < -0.39 is 0 Å². The van der Waals surface area contributed by atoms with Crippen LogP contribution in [0, 0.1) is 5.92 Å². The maximum Gasteiger partial charge on any atom is 0.179 e. The average Bonchev–Trinajstić information content (AvgIpc) is 2.64. The van der Waals surface area contributed by atoms with Crippen molar-refractivity contribution in [2.75, 3.05) is 12.4 Å². The quantitative estimate of drug-likeness (QED) is 0.828. The highest BCUT2D eigenvalue weighted by Crippen LogP contribution is 2.26. The van der Waals surface area contributed by atoms with Crippen molar-refractivity contribution in [2.45, 2.75) is 44.9 Å². The molecule has 0 saturated heterocycles. The minimum atomic E-state index is 0.798. The lowest BCUT2D eigenvalue weighted by molar-refractivity contribution is 0.450. The van der Waals surface area contributed by atoms with Crippen molar-refractivity contribution in [3.8, 4) is 0 Å². The van der Waals surface area contributed by atoms with Crippen LogP contribution in [0.2, 0.25) is 0 Å². The summed E-state index contributed by atoms with van der Waals surface area (Å²) in [6.07, 6.45) is 9.36. The third-order valence-electron chi connectivity index (χ3n) is 4.11. The molecule has 1 fully saturated rings. The molecule has 2 aromatic heterocycles. The molecule has 2 aromatic rings. The van der Waals surface area contributed by atoms with Gasteiger partial charge in [0.05, 0.1) is 5.52 Å². The summed E-state index contributed by atoms with van der Waals surface area (Å²) in [5.74, 6) is 2.77. The van der Waals surface area contributed by atoms with Gasteiger partial charge in [0, 0.05) is 13.5 Å². The lowest BCUT2D eigenvalue weighted by Gasteiger charge is -2.11. The zero-order valence-corrected chi connectivity index (χ0v) is 11.6. The van der Waals surface area contributed by atoms with Crippen molar-refractivity contribution >= 4 is 17.0 Å². The van der Waals surface area contributed by atoms with Gasteiger partial charge < -0.3 is 10.3 Å². The predicted octanol–water partition coefficient (Wildman–Crippen LogP) is 3.51. The van der Waals surface area contributed by atoms with Gasteiger partial charge in [0.25, 0.3) is 0 Å². The molecule has 19 heavy (non-hydrogen) atoms. The Morgan fingerprint density at radius 2 is 1.95 bits per heavy atom. The van der Waals surface area contributed by atoms with Gasteiger partial charge in [-0.05, 0) is 18.1 Å². The van der Waals surface area contributed by atoms with Crippen LogP contribution in [0.25, 0.3) is 11.2 Å². The molecule has 102 valence electrons. The largest absolute Gasteiger partial charge is 0.373 e. The minimum absolute atomic E-state index is 0.798. The molecule has 0 amide bonds. The summed E-state index contributed by atoms with van der Waals surface area (Å²) in [4.78, 5) is 12.5. The maximum atomic E-state index is 4.64. The van der Waals surface area contributed by atoms with Crippen LogP contribution in [0.4, 0.5) is 5.82 Å². The van der Waals surface area contributed by atoms with Gasteiger partial charge in [0.1, 0.15) is 11.6 Å². The molecule has 0 bridgehead atoms. The Morgan fingerprint density at radius 1 is 1.16 bits per heavy atom. The van der Waals surface area contributed by atoms with Crippen molar-refractivity contribution in [2.24, 2.45) is 5.92 Å². The SMILES string of the molecule is CNc1ccc2[nH]c(CC3CCCCCC3)nc2n1. The number of hydrogen-bond donors (Lipinski definition) is 2. The second-order valence-electron chi connectivity index (χ2n) is 5.56. The van der Waals surface area contributed by atoms with E-state index >= 15 is 0 Å². The Kier molecular flexibility index (Phi) is 3.67. The molecule has 0 aromatic carbocycles. The standard InChI is InChI=1S/C15H22N4/c1-16-13-9-8-12-15(18-13)19-14(17-12)10-11-6-4-2-3-5-7-11/h8-9,11H,2-7,10H2,1H3,(H2,16,17,18,19). The Bertz CT molecular complexity index is 538. The third-order valence-corrected chi connectivity index (χ3v) is 4.11. The number of hydrogen-bond acceptors (Lipinski definition) is 3. The Hall–Kier alpha value is -1.58. The van der Waals surface area contributed by atoms with Gasteiger partial charge in [-0.25, -0.2) is 9.97 Å². The van der Waals surface area contributed by atoms with Gasteiger partial charge in [-0.3, -0.25) is 0 Å². The van der Waals surface area contributed by atoms with Crippen molar-refractivity contribution in [1.82, 2.24) is 15.0 Å². The number of fused-ring (bicyclic) bond motifs is 1. The molecular formula is C15H22N4. The summed E-state index contributed by atoms with van der Waals surface area (Å²) in [6, 6.07) is 4.04. The van der Waals surface area contributed by atoms with Crippen LogP contribution in [0.3, 0.4) is 0 Å². The molecule has 0 atom stereocenters. The van der Waals surface area contributed by atoms with Gasteiger partial charge in [0.15, 0.2) is 5.65 Å². The van der Waals surface area contributed by atoms with Gasteiger partial charge in [0.2, 0.25) is 0 Å². The predicted molar refractivity (Wildman–Crippen MR) is 78.3 cm³/mol. The molecule has 1 aliphatic rings. The summed E-state index contributed by atoms with van der Waals surface area (Å²) in [7, 11) is 1.88. The number of H-pyrrole nitrogens is 1. The first-order chi connectivity index (χ1) is 9.35. The van der Waals surface area contributed by atoms with E-state index in [1.165, 1.54) is 38.5 Å². The first-order valence-electron chi connectivity index (χ1n) is 7.38. The molecule has 0 aliphatic heterocycles. The summed E-state index contributed by atoms with van der Waals surface area (Å²) in [5.41, 5.74) is 1.87. The van der Waals surface area contributed by atoms with Crippen LogP contribution in [0.5, 0.6) is 0 Å². The van der Waals surface area contributed by atoms with Crippen molar-refractivity contribution in [3.63, 3.8) is 0 Å². The lowest BCUT2D eigenvalue weighted by atomic mass is 9.96. The van der Waals surface area contributed by atoms with E-state index in [2.05, 4.69) is 26.3 Å². The monoisotopic (exact) mass is 258 g/mol. The topological polar surface area (TPSA) is 53.6 Å². The Balaban J connectivity index is 1.76. The maximum absolute atomic E-state index is 4.64. The highest BCUT2D eigenvalue weighted by Gasteiger charge is 2.15. The van der Waals surface area contributed by atoms with Crippen molar-refractivity contribution < 1.29 is 0 Å². The van der Waals surface area contributed by atoms with Gasteiger partial charge >= 0.3 is 0 Å². The highest BCUT2D eigenvalue weighted by molar-refractivity contribution is 5.72. The number of anilines is 1. The van der Waals surface area contributed by atoms with E-state index in [0.717, 1.165) is 35.1 Å². The molecular weight excluding hydrogens is 236 g/mol. The van der Waals surface area contributed by atoms with Crippen LogP contribution in [-0.4, -0.2) is 22.0 Å². The number of nitrogens with zero attached hydrogens (tertiary/aromatic N) is 2. The van der Waals surface area contributed by atoms with Gasteiger partial charge in [-0.2, -0.15) is 0 Å². The molecule has 0 unspecified atom stereocenters. The third kappa shape index (κ3) is 2.88. The van der Waals surface area contributed by atoms with Crippen LogP contribution >= 0.6 is 0 Å².